The van der Waals surface area contributed by atoms with Crippen LogP contribution in [0.15, 0.2) is 0 Å². The quantitative estimate of drug-likeness (QED) is 0.692. The Balaban J connectivity index is 1.37. The number of hydrogen-bond acceptors (Lipinski definition) is 4. The number of hydrogen-bond donors (Lipinski definition) is 0. The van der Waals surface area contributed by atoms with Gasteiger partial charge in [-0.1, -0.05) is 0 Å². The molecule has 18 heavy (non-hydrogen) atoms. The molecular formula is C14H16O4. The summed E-state index contributed by atoms with van der Waals surface area (Å²) in [5.41, 5.74) is 0.649. The van der Waals surface area contributed by atoms with Crippen molar-refractivity contribution in [2.45, 2.75) is 12.8 Å². The number of ether oxygens (including phenoxy) is 2. The molecule has 0 atom stereocenters. The van der Waals surface area contributed by atoms with Crippen molar-refractivity contribution in [3.63, 3.8) is 0 Å². The molecule has 0 heterocycles. The summed E-state index contributed by atoms with van der Waals surface area (Å²) in [6, 6.07) is 0. The molecule has 0 radical (unpaired) electrons. The summed E-state index contributed by atoms with van der Waals surface area (Å²) < 4.78 is 9.65. The van der Waals surface area contributed by atoms with Crippen LogP contribution in [0, 0.1) is 46.3 Å². The van der Waals surface area contributed by atoms with E-state index in [1.165, 1.54) is 14.2 Å². The highest BCUT2D eigenvalue weighted by atomic mass is 16.5. The maximum absolute atomic E-state index is 11.5. The van der Waals surface area contributed by atoms with E-state index in [-0.39, 0.29) is 11.9 Å². The van der Waals surface area contributed by atoms with Crippen LogP contribution in [-0.2, 0) is 19.1 Å². The highest BCUT2D eigenvalue weighted by molar-refractivity contribution is 5.77. The van der Waals surface area contributed by atoms with Gasteiger partial charge in [-0.25, -0.2) is 0 Å². The molecule has 0 saturated heterocycles. The Kier molecular flexibility index (Phi) is 1.28. The molecule has 0 unspecified atom stereocenters. The second-order valence-corrected chi connectivity index (χ2v) is 6.89. The topological polar surface area (TPSA) is 52.6 Å². The summed E-state index contributed by atoms with van der Waals surface area (Å²) in [4.78, 5) is 23.0. The molecule has 6 fully saturated rings. The third-order valence-electron chi connectivity index (χ3n) is 7.40. The Morgan fingerprint density at radius 1 is 0.778 bits per heavy atom. The van der Waals surface area contributed by atoms with Crippen LogP contribution in [0.25, 0.3) is 0 Å². The fourth-order valence-electron chi connectivity index (χ4n) is 7.33. The minimum absolute atomic E-state index is 0.0484. The van der Waals surface area contributed by atoms with Crippen LogP contribution in [0.2, 0.25) is 0 Å². The lowest BCUT2D eigenvalue weighted by Gasteiger charge is -3.11. The van der Waals surface area contributed by atoms with E-state index in [4.69, 9.17) is 9.47 Å². The van der Waals surface area contributed by atoms with E-state index in [0.29, 0.717) is 23.7 Å². The molecule has 0 aromatic heterocycles. The Hall–Kier alpha value is -1.06. The van der Waals surface area contributed by atoms with E-state index in [0.717, 1.165) is 35.5 Å². The van der Waals surface area contributed by atoms with Crippen LogP contribution in [0.3, 0.4) is 0 Å². The molecule has 0 bridgehead atoms. The van der Waals surface area contributed by atoms with Gasteiger partial charge in [-0.15, -0.1) is 0 Å². The normalized spacial score (nSPS) is 62.1. The van der Waals surface area contributed by atoms with Crippen molar-refractivity contribution in [1.82, 2.24) is 0 Å². The van der Waals surface area contributed by atoms with Crippen molar-refractivity contribution in [1.29, 1.82) is 0 Å². The maximum Gasteiger partial charge on any atom is 0.306 e. The Labute approximate surface area is 105 Å². The number of rotatable bonds is 4. The molecule has 0 aromatic rings. The first-order valence-electron chi connectivity index (χ1n) is 6.78. The molecule has 0 aliphatic heterocycles. The largest absolute Gasteiger partial charge is 0.469 e. The highest BCUT2D eigenvalue weighted by Crippen LogP contribution is 3.11. The van der Waals surface area contributed by atoms with Gasteiger partial charge in [0.2, 0.25) is 0 Å². The summed E-state index contributed by atoms with van der Waals surface area (Å²) in [7, 11) is 2.95. The first-order chi connectivity index (χ1) is 8.64. The van der Waals surface area contributed by atoms with Crippen LogP contribution in [0.4, 0.5) is 0 Å². The maximum atomic E-state index is 11.5. The molecule has 0 N–H and O–H groups in total. The highest BCUT2D eigenvalue weighted by Gasteiger charge is 3.09. The summed E-state index contributed by atoms with van der Waals surface area (Å²) >= 11 is 0. The van der Waals surface area contributed by atoms with Gasteiger partial charge in [0.1, 0.15) is 0 Å². The smallest absolute Gasteiger partial charge is 0.306 e. The van der Waals surface area contributed by atoms with Crippen LogP contribution >= 0.6 is 0 Å². The van der Waals surface area contributed by atoms with Gasteiger partial charge in [-0.05, 0) is 46.3 Å². The van der Waals surface area contributed by atoms with Crippen LogP contribution in [0.5, 0.6) is 0 Å². The molecule has 6 aliphatic rings. The summed E-state index contributed by atoms with van der Waals surface area (Å²) in [5, 5.41) is 0. The van der Waals surface area contributed by atoms with E-state index in [1.54, 1.807) is 0 Å². The van der Waals surface area contributed by atoms with Crippen molar-refractivity contribution in [2.24, 2.45) is 46.3 Å². The molecule has 6 rings (SSSR count). The lowest BCUT2D eigenvalue weighted by atomic mass is 8.92. The second kappa shape index (κ2) is 2.35. The predicted octanol–water partition coefficient (Wildman–Crippen LogP) is 0.851. The number of esters is 2. The van der Waals surface area contributed by atoms with Crippen molar-refractivity contribution < 1.29 is 19.1 Å². The van der Waals surface area contributed by atoms with E-state index in [9.17, 15) is 9.59 Å². The van der Waals surface area contributed by atoms with Gasteiger partial charge >= 0.3 is 11.9 Å². The number of methoxy groups -OCH3 is 2. The van der Waals surface area contributed by atoms with Gasteiger partial charge in [-0.2, -0.15) is 0 Å². The number of carbonyl (C=O) groups excluding carboxylic acids is 2. The van der Waals surface area contributed by atoms with E-state index < -0.39 is 0 Å². The molecule has 0 aromatic carbocycles. The van der Waals surface area contributed by atoms with Crippen molar-refractivity contribution in [2.75, 3.05) is 14.2 Å². The first kappa shape index (κ1) is 9.82. The zero-order valence-electron chi connectivity index (χ0n) is 10.5. The Bertz CT molecular complexity index is 408. The monoisotopic (exact) mass is 248 g/mol. The van der Waals surface area contributed by atoms with Crippen LogP contribution in [0.1, 0.15) is 12.8 Å². The second-order valence-electron chi connectivity index (χ2n) is 6.89. The summed E-state index contributed by atoms with van der Waals surface area (Å²) in [6.07, 6.45) is 1.25. The fourth-order valence-corrected chi connectivity index (χ4v) is 7.33. The Morgan fingerprint density at radius 3 is 1.28 bits per heavy atom. The van der Waals surface area contributed by atoms with E-state index in [2.05, 4.69) is 0 Å². The number of carbonyl (C=O) groups is 2. The van der Waals surface area contributed by atoms with Crippen molar-refractivity contribution in [3.8, 4) is 0 Å². The van der Waals surface area contributed by atoms with Gasteiger partial charge in [-0.3, -0.25) is 9.59 Å². The van der Waals surface area contributed by atoms with Gasteiger partial charge in [0.25, 0.3) is 0 Å². The van der Waals surface area contributed by atoms with Crippen molar-refractivity contribution >= 4 is 11.9 Å². The van der Waals surface area contributed by atoms with Gasteiger partial charge in [0.05, 0.1) is 27.1 Å². The van der Waals surface area contributed by atoms with Crippen LogP contribution < -0.4 is 0 Å². The minimum atomic E-state index is -0.0484. The zero-order valence-corrected chi connectivity index (χ0v) is 10.5. The molecule has 96 valence electrons. The van der Waals surface area contributed by atoms with E-state index in [1.807, 2.05) is 0 Å². The molecule has 0 amide bonds. The summed E-state index contributed by atoms with van der Waals surface area (Å²) in [6.45, 7) is 0. The molecular weight excluding hydrogens is 232 g/mol. The third-order valence-corrected chi connectivity index (χ3v) is 7.40. The fraction of sp³-hybridized carbons (Fsp3) is 0.857. The van der Waals surface area contributed by atoms with Gasteiger partial charge < -0.3 is 9.47 Å². The molecule has 6 aliphatic carbocycles. The van der Waals surface area contributed by atoms with Gasteiger partial charge in [0, 0.05) is 0 Å². The average Bonchev–Trinajstić information content (AvgIpc) is 2.41. The molecule has 6 saturated carbocycles. The summed E-state index contributed by atoms with van der Waals surface area (Å²) in [5.74, 6) is 4.33. The first-order valence-corrected chi connectivity index (χ1v) is 6.78. The predicted molar refractivity (Wildman–Crippen MR) is 59.1 cm³/mol. The van der Waals surface area contributed by atoms with Crippen LogP contribution in [-0.4, -0.2) is 26.2 Å². The molecule has 4 heteroatoms. The average molecular weight is 248 g/mol. The third kappa shape index (κ3) is 0.546. The van der Waals surface area contributed by atoms with Crippen molar-refractivity contribution in [3.05, 3.63) is 0 Å². The lowest BCUT2D eigenvalue weighted by molar-refractivity contribution is -0.656. The lowest BCUT2D eigenvalue weighted by Crippen LogP contribution is -3.09. The van der Waals surface area contributed by atoms with E-state index >= 15 is 0 Å². The molecule has 4 nitrogen and oxygen atoms in total. The van der Waals surface area contributed by atoms with Gasteiger partial charge in [0.15, 0.2) is 0 Å². The standard InChI is InChI=1S/C14H16O4/c1-17-5(15)3-13-7-10-8(13)12-9(13)11(7)14(10,12)4-6(16)18-2/h7-12H,3-4H2,1-2H3. The minimum Gasteiger partial charge on any atom is -0.469 e. The molecule has 0 spiro atoms. The SMILES string of the molecule is COC(=O)CC12C3C4C1C1C2C3C41CC(=O)OC. The Morgan fingerprint density at radius 2 is 1.06 bits per heavy atom. The zero-order chi connectivity index (χ0) is 12.4.